The minimum absolute atomic E-state index is 0.345. The topological polar surface area (TPSA) is 78.6 Å². The van der Waals surface area contributed by atoms with Crippen molar-refractivity contribution in [3.8, 4) is 0 Å². The van der Waals surface area contributed by atoms with Crippen LogP contribution in [-0.4, -0.2) is 41.0 Å². The van der Waals surface area contributed by atoms with Crippen LogP contribution in [0, 0.1) is 4.91 Å². The molecule has 134 valence electrons. The number of hydrogen-bond acceptors (Lipinski definition) is 4. The van der Waals surface area contributed by atoms with Gasteiger partial charge in [0.05, 0.1) is 31.9 Å². The highest BCUT2D eigenvalue weighted by molar-refractivity contribution is 6.39. The fourth-order valence-electron chi connectivity index (χ4n) is 3.55. The first kappa shape index (κ1) is 17.1. The Bertz CT molecular complexity index is 920. The van der Waals surface area contributed by atoms with Crippen LogP contribution < -0.4 is 11.5 Å². The smallest absolute Gasteiger partial charge is 0.302 e. The highest BCUT2D eigenvalue weighted by Crippen LogP contribution is 2.45. The van der Waals surface area contributed by atoms with Gasteiger partial charge in [0, 0.05) is 31.3 Å². The second-order valence-electron chi connectivity index (χ2n) is 6.24. The highest BCUT2D eigenvalue weighted by Gasteiger charge is 2.46. The Morgan fingerprint density at radius 3 is 2.46 bits per heavy atom. The lowest BCUT2D eigenvalue weighted by Gasteiger charge is -2.34. The molecular formula is C18H18Cl2N5O+. The Balaban J connectivity index is 2.00. The first-order valence-corrected chi connectivity index (χ1v) is 9.06. The van der Waals surface area contributed by atoms with Crippen LogP contribution >= 0.6 is 23.2 Å². The van der Waals surface area contributed by atoms with E-state index in [9.17, 15) is 4.91 Å². The summed E-state index contributed by atoms with van der Waals surface area (Å²) in [5, 5.41) is 2.51. The summed E-state index contributed by atoms with van der Waals surface area (Å²) in [4.78, 5) is 15.9. The lowest BCUT2D eigenvalue weighted by atomic mass is 10.0. The summed E-state index contributed by atoms with van der Waals surface area (Å²) in [5.41, 5.74) is 16.1. The quantitative estimate of drug-likeness (QED) is 0.620. The van der Waals surface area contributed by atoms with Gasteiger partial charge < -0.3 is 16.4 Å². The zero-order chi connectivity index (χ0) is 18.4. The highest BCUT2D eigenvalue weighted by atomic mass is 35.5. The molecule has 4 rings (SSSR count). The molecule has 26 heavy (non-hydrogen) atoms. The second-order valence-corrected chi connectivity index (χ2v) is 7.05. The molecule has 0 amide bonds. The first-order chi connectivity index (χ1) is 12.5. The van der Waals surface area contributed by atoms with Crippen molar-refractivity contribution in [1.82, 2.24) is 9.91 Å². The van der Waals surface area contributed by atoms with Crippen molar-refractivity contribution < 1.29 is 4.87 Å². The number of hydrazine groups is 1. The van der Waals surface area contributed by atoms with Gasteiger partial charge in [-0.3, -0.25) is 0 Å². The Kier molecular flexibility index (Phi) is 4.26. The van der Waals surface area contributed by atoms with E-state index in [0.29, 0.717) is 47.6 Å². The molecule has 8 heteroatoms. The SMILES string of the molecule is NCCN1CCN2C(=C1c1cc(Cl)c(N)c(Cl)c1)c1ccccc1[N+]2=O. The normalized spacial score (nSPS) is 16.2. The van der Waals surface area contributed by atoms with E-state index in [1.807, 2.05) is 24.3 Å². The van der Waals surface area contributed by atoms with Crippen molar-refractivity contribution in [2.75, 3.05) is 31.9 Å². The van der Waals surface area contributed by atoms with E-state index in [1.54, 1.807) is 17.1 Å². The Hall–Kier alpha value is -2.28. The van der Waals surface area contributed by atoms with E-state index < -0.39 is 0 Å². The van der Waals surface area contributed by atoms with Gasteiger partial charge in [0.25, 0.3) is 0 Å². The Labute approximate surface area is 161 Å². The number of nitrogens with two attached hydrogens (primary N) is 2. The maximum absolute atomic E-state index is 12.8. The van der Waals surface area contributed by atoms with Crippen molar-refractivity contribution in [1.29, 1.82) is 0 Å². The van der Waals surface area contributed by atoms with E-state index in [1.165, 1.54) is 0 Å². The number of para-hydroxylation sites is 1. The lowest BCUT2D eigenvalue weighted by Crippen LogP contribution is -2.42. The van der Waals surface area contributed by atoms with Gasteiger partial charge in [-0.25, -0.2) is 0 Å². The first-order valence-electron chi connectivity index (χ1n) is 8.31. The number of hydrogen-bond donors (Lipinski definition) is 2. The third-order valence-electron chi connectivity index (χ3n) is 4.72. The number of rotatable bonds is 3. The number of halogens is 2. The number of anilines is 1. The number of nitroso groups, excluding NO2 is 1. The summed E-state index contributed by atoms with van der Waals surface area (Å²) in [6, 6.07) is 11.1. The molecule has 0 aromatic heterocycles. The number of nitrogens with zero attached hydrogens (tertiary/aromatic N) is 3. The van der Waals surface area contributed by atoms with Crippen molar-refractivity contribution in [2.45, 2.75) is 0 Å². The van der Waals surface area contributed by atoms with E-state index in [4.69, 9.17) is 34.7 Å². The van der Waals surface area contributed by atoms with Gasteiger partial charge in [0.1, 0.15) is 12.2 Å². The summed E-state index contributed by atoms with van der Waals surface area (Å²) in [7, 11) is 0. The van der Waals surface area contributed by atoms with Crippen molar-refractivity contribution >= 4 is 46.0 Å². The molecule has 2 aliphatic heterocycles. The monoisotopic (exact) mass is 390 g/mol. The van der Waals surface area contributed by atoms with Crippen LogP contribution in [0.4, 0.5) is 11.4 Å². The molecule has 0 saturated heterocycles. The van der Waals surface area contributed by atoms with Crippen LogP contribution in [0.25, 0.3) is 11.4 Å². The molecule has 0 aliphatic carbocycles. The van der Waals surface area contributed by atoms with Crippen LogP contribution in [0.3, 0.4) is 0 Å². The van der Waals surface area contributed by atoms with Crippen molar-refractivity contribution in [3.63, 3.8) is 0 Å². The van der Waals surface area contributed by atoms with Gasteiger partial charge >= 0.3 is 5.69 Å². The average Bonchev–Trinajstić information content (AvgIpc) is 2.92. The molecule has 0 radical (unpaired) electrons. The largest absolute Gasteiger partial charge is 0.396 e. The third kappa shape index (κ3) is 2.53. The van der Waals surface area contributed by atoms with E-state index in [-0.39, 0.29) is 0 Å². The number of nitrogen functional groups attached to an aromatic ring is 1. The van der Waals surface area contributed by atoms with E-state index in [2.05, 4.69) is 4.90 Å². The standard InChI is InChI=1S/C18H18Cl2N5O/c19-13-9-11(10-14(20)16(13)22)17-18-12-3-1-2-4-15(12)25(26)24(18)8-7-23(17)6-5-21/h1-4,9-10H,5-8,21-22H2/q+1. The molecule has 0 unspecified atom stereocenters. The molecule has 2 aromatic carbocycles. The molecule has 0 spiro atoms. The average molecular weight is 391 g/mol. The molecule has 2 heterocycles. The van der Waals surface area contributed by atoms with Gasteiger partial charge in [0.2, 0.25) is 0 Å². The molecule has 0 saturated carbocycles. The molecular weight excluding hydrogens is 373 g/mol. The predicted molar refractivity (Wildman–Crippen MR) is 105 cm³/mol. The fraction of sp³-hybridized carbons (Fsp3) is 0.222. The number of fused-ring (bicyclic) bond motifs is 3. The summed E-state index contributed by atoms with van der Waals surface area (Å²) in [5.74, 6) is 0. The van der Waals surface area contributed by atoms with Crippen molar-refractivity contribution in [2.24, 2.45) is 5.73 Å². The minimum Gasteiger partial charge on any atom is -0.396 e. The molecule has 2 aromatic rings. The van der Waals surface area contributed by atoms with Crippen LogP contribution in [-0.2, 0) is 0 Å². The molecule has 0 bridgehead atoms. The lowest BCUT2D eigenvalue weighted by molar-refractivity contribution is -0.612. The van der Waals surface area contributed by atoms with Gasteiger partial charge in [0.15, 0.2) is 4.87 Å². The fourth-order valence-corrected chi connectivity index (χ4v) is 4.04. The van der Waals surface area contributed by atoms with Gasteiger partial charge in [-0.1, -0.05) is 40.3 Å². The maximum atomic E-state index is 12.8. The van der Waals surface area contributed by atoms with E-state index in [0.717, 1.165) is 27.4 Å². The van der Waals surface area contributed by atoms with E-state index >= 15 is 0 Å². The molecule has 2 aliphatic rings. The molecule has 4 N–H and O–H groups in total. The van der Waals surface area contributed by atoms with Gasteiger partial charge in [-0.05, 0) is 18.2 Å². The minimum atomic E-state index is 0.345. The molecule has 0 atom stereocenters. The second kappa shape index (κ2) is 6.46. The summed E-state index contributed by atoms with van der Waals surface area (Å²) >= 11 is 12.5. The Morgan fingerprint density at radius 1 is 1.08 bits per heavy atom. The van der Waals surface area contributed by atoms with Crippen LogP contribution in [0.15, 0.2) is 36.4 Å². The zero-order valence-electron chi connectivity index (χ0n) is 14.0. The number of benzene rings is 2. The zero-order valence-corrected chi connectivity index (χ0v) is 15.5. The maximum Gasteiger partial charge on any atom is 0.302 e. The summed E-state index contributed by atoms with van der Waals surface area (Å²) in [6.07, 6.45) is 0. The van der Waals surface area contributed by atoms with Crippen molar-refractivity contribution in [3.05, 3.63) is 62.5 Å². The summed E-state index contributed by atoms with van der Waals surface area (Å²) < 4.78 is 0. The molecule has 0 fully saturated rings. The predicted octanol–water partition coefficient (Wildman–Crippen LogP) is 3.32. The van der Waals surface area contributed by atoms with Crippen LogP contribution in [0.1, 0.15) is 11.1 Å². The molecule has 6 nitrogen and oxygen atoms in total. The summed E-state index contributed by atoms with van der Waals surface area (Å²) in [6.45, 7) is 2.40. The Morgan fingerprint density at radius 2 is 1.77 bits per heavy atom. The van der Waals surface area contributed by atoms with Gasteiger partial charge in [-0.2, -0.15) is 0 Å². The third-order valence-corrected chi connectivity index (χ3v) is 5.34. The van der Waals surface area contributed by atoms with Gasteiger partial charge in [-0.15, -0.1) is 0 Å². The van der Waals surface area contributed by atoms with Crippen LogP contribution in [0.2, 0.25) is 10.0 Å². The van der Waals surface area contributed by atoms with Crippen LogP contribution in [0.5, 0.6) is 0 Å².